The highest BCUT2D eigenvalue weighted by atomic mass is 16.5. The van der Waals surface area contributed by atoms with E-state index < -0.39 is 6.10 Å². The third-order valence-corrected chi connectivity index (χ3v) is 4.24. The molecule has 21 heavy (non-hydrogen) atoms. The highest BCUT2D eigenvalue weighted by Crippen LogP contribution is 2.36. The Morgan fingerprint density at radius 1 is 1.19 bits per heavy atom. The summed E-state index contributed by atoms with van der Waals surface area (Å²) in [7, 11) is 1.65. The molecule has 1 N–H and O–H groups in total. The first-order valence-corrected chi connectivity index (χ1v) is 7.19. The minimum atomic E-state index is -0.690. The van der Waals surface area contributed by atoms with Crippen LogP contribution in [0.1, 0.15) is 33.9 Å². The van der Waals surface area contributed by atoms with Crippen LogP contribution in [0, 0.1) is 13.8 Å². The Morgan fingerprint density at radius 3 is 2.76 bits per heavy atom. The van der Waals surface area contributed by atoms with E-state index in [1.54, 1.807) is 7.11 Å². The first-order chi connectivity index (χ1) is 10.1. The molecule has 0 saturated carbocycles. The minimum Gasteiger partial charge on any atom is -0.496 e. The van der Waals surface area contributed by atoms with Gasteiger partial charge in [0.25, 0.3) is 0 Å². The van der Waals surface area contributed by atoms with Crippen molar-refractivity contribution in [3.63, 3.8) is 0 Å². The number of hydrogen-bond acceptors (Lipinski definition) is 3. The van der Waals surface area contributed by atoms with Gasteiger partial charge >= 0.3 is 0 Å². The van der Waals surface area contributed by atoms with Gasteiger partial charge in [-0.25, -0.2) is 0 Å². The van der Waals surface area contributed by atoms with Crippen molar-refractivity contribution < 1.29 is 14.6 Å². The Balaban J connectivity index is 2.02. The zero-order valence-corrected chi connectivity index (χ0v) is 12.6. The Labute approximate surface area is 125 Å². The Bertz CT molecular complexity index is 676. The third kappa shape index (κ3) is 2.38. The quantitative estimate of drug-likeness (QED) is 0.939. The van der Waals surface area contributed by atoms with E-state index in [1.807, 2.05) is 44.2 Å². The molecule has 0 aliphatic carbocycles. The van der Waals surface area contributed by atoms with E-state index in [0.717, 1.165) is 52.3 Å². The molecular formula is C18H20O3. The molecule has 1 atom stereocenters. The maximum Gasteiger partial charge on any atom is 0.128 e. The SMILES string of the molecule is COc1c(C(O)c2ccc3c(c2)CCO3)ccc(C)c1C. The fourth-order valence-corrected chi connectivity index (χ4v) is 2.85. The average molecular weight is 284 g/mol. The lowest BCUT2D eigenvalue weighted by Gasteiger charge is -2.18. The summed E-state index contributed by atoms with van der Waals surface area (Å²) < 4.78 is 11.0. The smallest absolute Gasteiger partial charge is 0.128 e. The number of hydrogen-bond donors (Lipinski definition) is 1. The van der Waals surface area contributed by atoms with Gasteiger partial charge in [-0.3, -0.25) is 0 Å². The third-order valence-electron chi connectivity index (χ3n) is 4.24. The second-order valence-corrected chi connectivity index (χ2v) is 5.50. The number of aryl methyl sites for hydroxylation is 1. The van der Waals surface area contributed by atoms with Crippen molar-refractivity contribution in [3.8, 4) is 11.5 Å². The maximum atomic E-state index is 10.7. The molecule has 0 bridgehead atoms. The van der Waals surface area contributed by atoms with Crippen LogP contribution in [0.4, 0.5) is 0 Å². The molecule has 0 saturated heterocycles. The first-order valence-electron chi connectivity index (χ1n) is 7.19. The molecule has 0 spiro atoms. The second kappa shape index (κ2) is 5.41. The van der Waals surface area contributed by atoms with Gasteiger partial charge in [0, 0.05) is 12.0 Å². The molecule has 2 aromatic carbocycles. The number of benzene rings is 2. The van der Waals surface area contributed by atoms with Gasteiger partial charge < -0.3 is 14.6 Å². The standard InChI is InChI=1S/C18H20O3/c1-11-4-6-15(18(20-3)12(11)2)17(19)14-5-7-16-13(10-14)8-9-21-16/h4-7,10,17,19H,8-9H2,1-3H3. The van der Waals surface area contributed by atoms with E-state index in [2.05, 4.69) is 0 Å². The van der Waals surface area contributed by atoms with Gasteiger partial charge in [0.15, 0.2) is 0 Å². The van der Waals surface area contributed by atoms with Crippen molar-refractivity contribution in [3.05, 3.63) is 58.1 Å². The topological polar surface area (TPSA) is 38.7 Å². The summed E-state index contributed by atoms with van der Waals surface area (Å²) >= 11 is 0. The average Bonchev–Trinajstić information content (AvgIpc) is 2.96. The molecule has 2 aromatic rings. The predicted octanol–water partition coefficient (Wildman–Crippen LogP) is 3.33. The van der Waals surface area contributed by atoms with Gasteiger partial charge in [0.2, 0.25) is 0 Å². The molecule has 0 fully saturated rings. The molecule has 1 unspecified atom stereocenters. The van der Waals surface area contributed by atoms with Gasteiger partial charge in [0.1, 0.15) is 17.6 Å². The summed E-state index contributed by atoms with van der Waals surface area (Å²) in [5, 5.41) is 10.7. The fraction of sp³-hybridized carbons (Fsp3) is 0.333. The lowest BCUT2D eigenvalue weighted by molar-refractivity contribution is 0.214. The number of ether oxygens (including phenoxy) is 2. The van der Waals surface area contributed by atoms with Gasteiger partial charge in [-0.2, -0.15) is 0 Å². The zero-order valence-electron chi connectivity index (χ0n) is 12.6. The number of aliphatic hydroxyl groups excluding tert-OH is 1. The molecule has 3 nitrogen and oxygen atoms in total. The van der Waals surface area contributed by atoms with Crippen molar-refractivity contribution in [2.24, 2.45) is 0 Å². The summed E-state index contributed by atoms with van der Waals surface area (Å²) in [5.74, 6) is 1.69. The summed E-state index contributed by atoms with van der Waals surface area (Å²) in [5.41, 5.74) is 5.07. The highest BCUT2D eigenvalue weighted by molar-refractivity contribution is 5.50. The van der Waals surface area contributed by atoms with Crippen LogP contribution in [0.3, 0.4) is 0 Å². The van der Waals surface area contributed by atoms with Crippen molar-refractivity contribution in [2.75, 3.05) is 13.7 Å². The fourth-order valence-electron chi connectivity index (χ4n) is 2.85. The van der Waals surface area contributed by atoms with Crippen LogP contribution in [-0.4, -0.2) is 18.8 Å². The normalized spacial score (nSPS) is 14.5. The monoisotopic (exact) mass is 284 g/mol. The molecule has 0 aromatic heterocycles. The molecule has 3 rings (SSSR count). The molecule has 110 valence electrons. The van der Waals surface area contributed by atoms with Crippen molar-refractivity contribution >= 4 is 0 Å². The Hall–Kier alpha value is -2.00. The second-order valence-electron chi connectivity index (χ2n) is 5.50. The largest absolute Gasteiger partial charge is 0.496 e. The predicted molar refractivity (Wildman–Crippen MR) is 82.2 cm³/mol. The van der Waals surface area contributed by atoms with Crippen LogP contribution < -0.4 is 9.47 Å². The molecule has 0 amide bonds. The van der Waals surface area contributed by atoms with Crippen LogP contribution >= 0.6 is 0 Å². The number of aliphatic hydroxyl groups is 1. The number of methoxy groups -OCH3 is 1. The lowest BCUT2D eigenvalue weighted by atomic mass is 9.95. The van der Waals surface area contributed by atoms with E-state index in [0.29, 0.717) is 0 Å². The Kier molecular flexibility index (Phi) is 3.60. The summed E-state index contributed by atoms with van der Waals surface area (Å²) in [6.07, 6.45) is 0.213. The summed E-state index contributed by atoms with van der Waals surface area (Å²) in [6.45, 7) is 4.78. The van der Waals surface area contributed by atoms with E-state index in [4.69, 9.17) is 9.47 Å². The van der Waals surface area contributed by atoms with Gasteiger partial charge in [-0.05, 0) is 48.2 Å². The van der Waals surface area contributed by atoms with Crippen LogP contribution in [0.2, 0.25) is 0 Å². The van der Waals surface area contributed by atoms with E-state index in [1.165, 1.54) is 0 Å². The minimum absolute atomic E-state index is 0.690. The summed E-state index contributed by atoms with van der Waals surface area (Å²) in [4.78, 5) is 0. The van der Waals surface area contributed by atoms with Crippen LogP contribution in [0.15, 0.2) is 30.3 Å². The van der Waals surface area contributed by atoms with Gasteiger partial charge in [0.05, 0.1) is 13.7 Å². The zero-order chi connectivity index (χ0) is 15.0. The Morgan fingerprint density at radius 2 is 2.00 bits per heavy atom. The number of rotatable bonds is 3. The highest BCUT2D eigenvalue weighted by Gasteiger charge is 2.20. The maximum absolute atomic E-state index is 10.7. The van der Waals surface area contributed by atoms with Crippen molar-refractivity contribution in [1.29, 1.82) is 0 Å². The summed E-state index contributed by atoms with van der Waals surface area (Å²) in [6, 6.07) is 9.85. The lowest BCUT2D eigenvalue weighted by Crippen LogP contribution is -2.05. The molecule has 0 radical (unpaired) electrons. The van der Waals surface area contributed by atoms with Crippen LogP contribution in [0.5, 0.6) is 11.5 Å². The van der Waals surface area contributed by atoms with Gasteiger partial charge in [-0.15, -0.1) is 0 Å². The van der Waals surface area contributed by atoms with Crippen molar-refractivity contribution in [2.45, 2.75) is 26.4 Å². The molecule has 3 heteroatoms. The van der Waals surface area contributed by atoms with Gasteiger partial charge in [-0.1, -0.05) is 18.2 Å². The van der Waals surface area contributed by atoms with E-state index in [-0.39, 0.29) is 0 Å². The number of fused-ring (bicyclic) bond motifs is 1. The molecule has 1 aliphatic rings. The van der Waals surface area contributed by atoms with Crippen LogP contribution in [0.25, 0.3) is 0 Å². The van der Waals surface area contributed by atoms with E-state index >= 15 is 0 Å². The molecule has 1 heterocycles. The van der Waals surface area contributed by atoms with Crippen molar-refractivity contribution in [1.82, 2.24) is 0 Å². The van der Waals surface area contributed by atoms with Crippen LogP contribution in [-0.2, 0) is 6.42 Å². The first kappa shape index (κ1) is 14.0. The molecule has 1 aliphatic heterocycles. The molecular weight excluding hydrogens is 264 g/mol. The van der Waals surface area contributed by atoms with E-state index in [9.17, 15) is 5.11 Å².